The van der Waals surface area contributed by atoms with Gasteiger partial charge < -0.3 is 31.0 Å². The van der Waals surface area contributed by atoms with Crippen molar-refractivity contribution >= 4 is 11.4 Å². The van der Waals surface area contributed by atoms with Gasteiger partial charge in [0.05, 0.1) is 12.8 Å². The normalized spacial score (nSPS) is 15.1. The predicted octanol–water partition coefficient (Wildman–Crippen LogP) is 3.06. The fourth-order valence-electron chi connectivity index (χ4n) is 3.17. The Morgan fingerprint density at radius 3 is 2.66 bits per heavy atom. The summed E-state index contributed by atoms with van der Waals surface area (Å²) in [6, 6.07) is 17.5. The van der Waals surface area contributed by atoms with Crippen molar-refractivity contribution in [2.75, 3.05) is 25.6 Å². The molecule has 0 aliphatic carbocycles. The number of nitrogens with two attached hydrogens (primary N) is 2. The summed E-state index contributed by atoms with van der Waals surface area (Å²) < 4.78 is 17.3. The number of nitrogens with zero attached hydrogens (tertiary/aromatic N) is 1. The molecule has 0 saturated carbocycles. The molecule has 1 aliphatic heterocycles. The molecule has 2 aromatic carbocycles. The Hall–Kier alpha value is -3.29. The van der Waals surface area contributed by atoms with Gasteiger partial charge in [-0.15, -0.1) is 0 Å². The zero-order valence-corrected chi connectivity index (χ0v) is 16.2. The second-order valence-electron chi connectivity index (χ2n) is 6.70. The topological polar surface area (TPSA) is 105 Å². The number of benzene rings is 2. The van der Waals surface area contributed by atoms with Crippen LogP contribution in [0, 0.1) is 0 Å². The van der Waals surface area contributed by atoms with Gasteiger partial charge in [-0.2, -0.15) is 0 Å². The van der Waals surface area contributed by atoms with Crippen molar-refractivity contribution in [1.29, 1.82) is 0 Å². The summed E-state index contributed by atoms with van der Waals surface area (Å²) in [5.74, 6) is 1.83. The number of ether oxygens (including phenoxy) is 3. The van der Waals surface area contributed by atoms with Crippen molar-refractivity contribution in [2.24, 2.45) is 11.5 Å². The molecule has 7 heteroatoms. The summed E-state index contributed by atoms with van der Waals surface area (Å²) in [5, 5.41) is 3.33. The van der Waals surface area contributed by atoms with E-state index in [9.17, 15) is 0 Å². The van der Waals surface area contributed by atoms with Crippen LogP contribution in [0.5, 0.6) is 17.4 Å². The van der Waals surface area contributed by atoms with Gasteiger partial charge in [0.25, 0.3) is 0 Å². The highest BCUT2D eigenvalue weighted by atomic mass is 16.6. The quantitative estimate of drug-likeness (QED) is 0.592. The van der Waals surface area contributed by atoms with Gasteiger partial charge in [-0.25, -0.2) is 4.98 Å². The molecular weight excluding hydrogens is 368 g/mol. The zero-order chi connectivity index (χ0) is 20.2. The summed E-state index contributed by atoms with van der Waals surface area (Å²) in [5.41, 5.74) is 15.7. The number of aromatic nitrogens is 1. The van der Waals surface area contributed by atoms with Crippen LogP contribution in [0.2, 0.25) is 0 Å². The predicted molar refractivity (Wildman–Crippen MR) is 113 cm³/mol. The molecule has 150 valence electrons. The summed E-state index contributed by atoms with van der Waals surface area (Å²) in [7, 11) is 1.60. The van der Waals surface area contributed by atoms with Crippen molar-refractivity contribution in [3.8, 4) is 28.6 Å². The first kappa shape index (κ1) is 19.0. The van der Waals surface area contributed by atoms with Crippen LogP contribution in [0.15, 0.2) is 54.6 Å². The number of rotatable bonds is 6. The lowest BCUT2D eigenvalue weighted by molar-refractivity contribution is 0.0976. The van der Waals surface area contributed by atoms with Crippen LogP contribution in [0.1, 0.15) is 5.56 Å². The van der Waals surface area contributed by atoms with Gasteiger partial charge in [0.2, 0.25) is 5.88 Å². The number of methoxy groups -OCH3 is 1. The third-order valence-electron chi connectivity index (χ3n) is 4.75. The van der Waals surface area contributed by atoms with Crippen LogP contribution in [-0.4, -0.2) is 31.3 Å². The molecule has 0 bridgehead atoms. The fraction of sp³-hybridized carbons (Fsp3) is 0.227. The fourth-order valence-corrected chi connectivity index (χ4v) is 3.17. The Morgan fingerprint density at radius 1 is 1.10 bits per heavy atom. The smallest absolute Gasteiger partial charge is 0.238 e. The van der Waals surface area contributed by atoms with E-state index in [-0.39, 0.29) is 6.10 Å². The molecule has 0 radical (unpaired) electrons. The second kappa shape index (κ2) is 8.38. The maximum Gasteiger partial charge on any atom is 0.238 e. The van der Waals surface area contributed by atoms with Gasteiger partial charge in [-0.05, 0) is 42.0 Å². The molecule has 0 amide bonds. The molecule has 3 aromatic rings. The van der Waals surface area contributed by atoms with Gasteiger partial charge in [-0.3, -0.25) is 0 Å². The largest absolute Gasteiger partial charge is 0.486 e. The molecule has 4 rings (SSSR count). The molecule has 1 aromatic heterocycles. The number of pyridine rings is 1. The van der Waals surface area contributed by atoms with Crippen LogP contribution in [0.4, 0.5) is 11.4 Å². The lowest BCUT2D eigenvalue weighted by atomic mass is 10.1. The maximum absolute atomic E-state index is 6.03. The Kier molecular flexibility index (Phi) is 5.50. The first-order valence-corrected chi connectivity index (χ1v) is 9.45. The molecule has 7 nitrogen and oxygen atoms in total. The number of anilines is 2. The van der Waals surface area contributed by atoms with E-state index in [1.165, 1.54) is 0 Å². The number of hydrogen-bond acceptors (Lipinski definition) is 7. The molecule has 0 fully saturated rings. The van der Waals surface area contributed by atoms with Crippen molar-refractivity contribution in [3.63, 3.8) is 0 Å². The highest BCUT2D eigenvalue weighted by Crippen LogP contribution is 2.41. The molecule has 0 spiro atoms. The average Bonchev–Trinajstić information content (AvgIpc) is 2.79. The monoisotopic (exact) mass is 392 g/mol. The van der Waals surface area contributed by atoms with E-state index in [1.54, 1.807) is 7.11 Å². The summed E-state index contributed by atoms with van der Waals surface area (Å²) in [6.07, 6.45) is -0.178. The third kappa shape index (κ3) is 3.96. The molecule has 0 saturated heterocycles. The molecular formula is C22H24N4O3. The second-order valence-corrected chi connectivity index (χ2v) is 6.70. The zero-order valence-electron chi connectivity index (χ0n) is 16.2. The first-order chi connectivity index (χ1) is 14.2. The van der Waals surface area contributed by atoms with E-state index >= 15 is 0 Å². The van der Waals surface area contributed by atoms with Crippen molar-refractivity contribution in [3.05, 3.63) is 60.2 Å². The van der Waals surface area contributed by atoms with Gasteiger partial charge in [-0.1, -0.05) is 18.2 Å². The molecule has 2 heterocycles. The van der Waals surface area contributed by atoms with Crippen LogP contribution in [-0.2, 0) is 6.54 Å². The maximum atomic E-state index is 6.03. The van der Waals surface area contributed by atoms with Gasteiger partial charge in [0.1, 0.15) is 18.4 Å². The molecule has 5 N–H and O–H groups in total. The number of para-hydroxylation sites is 1. The number of fused-ring (bicyclic) bond motifs is 1. The minimum Gasteiger partial charge on any atom is -0.486 e. The van der Waals surface area contributed by atoms with E-state index in [2.05, 4.69) is 10.3 Å². The molecule has 29 heavy (non-hydrogen) atoms. The van der Waals surface area contributed by atoms with Crippen LogP contribution in [0.3, 0.4) is 0 Å². The van der Waals surface area contributed by atoms with Gasteiger partial charge in [0, 0.05) is 24.3 Å². The third-order valence-corrected chi connectivity index (χ3v) is 4.75. The van der Waals surface area contributed by atoms with E-state index in [4.69, 9.17) is 25.7 Å². The van der Waals surface area contributed by atoms with Crippen LogP contribution in [0.25, 0.3) is 11.3 Å². The van der Waals surface area contributed by atoms with E-state index < -0.39 is 0 Å². The van der Waals surface area contributed by atoms with Gasteiger partial charge >= 0.3 is 0 Å². The number of hydrogen-bond donors (Lipinski definition) is 3. The summed E-state index contributed by atoms with van der Waals surface area (Å²) in [6.45, 7) is 1.34. The van der Waals surface area contributed by atoms with Crippen molar-refractivity contribution in [2.45, 2.75) is 12.6 Å². The molecule has 1 aliphatic rings. The molecule has 1 unspecified atom stereocenters. The Labute approximate surface area is 169 Å². The Balaban J connectivity index is 1.65. The SMILES string of the molecule is COc1nc(-c2cccc3c2OC(CN)CO3)ccc1Nc1ccc(CN)cc1. The highest BCUT2D eigenvalue weighted by molar-refractivity contribution is 5.75. The lowest BCUT2D eigenvalue weighted by Gasteiger charge is -2.27. The minimum atomic E-state index is -0.178. The average molecular weight is 392 g/mol. The van der Waals surface area contributed by atoms with E-state index in [1.807, 2.05) is 54.6 Å². The Morgan fingerprint density at radius 2 is 1.93 bits per heavy atom. The number of nitrogens with one attached hydrogen (secondary N) is 1. The van der Waals surface area contributed by atoms with Crippen LogP contribution < -0.4 is 31.0 Å². The van der Waals surface area contributed by atoms with E-state index in [0.717, 1.165) is 28.2 Å². The van der Waals surface area contributed by atoms with Gasteiger partial charge in [0.15, 0.2) is 11.5 Å². The molecule has 1 atom stereocenters. The summed E-state index contributed by atoms with van der Waals surface area (Å²) in [4.78, 5) is 4.68. The standard InChI is InChI=1S/C22H24N4O3/c1-27-22-19(25-15-7-5-14(11-23)6-8-15)10-9-18(26-22)17-3-2-4-20-21(17)29-16(12-24)13-28-20/h2-10,16,25H,11-13,23-24H2,1H3. The van der Waals surface area contributed by atoms with Crippen LogP contribution >= 0.6 is 0 Å². The Bertz CT molecular complexity index is 992. The highest BCUT2D eigenvalue weighted by Gasteiger charge is 2.24. The lowest BCUT2D eigenvalue weighted by Crippen LogP contribution is -2.35. The van der Waals surface area contributed by atoms with Crippen molar-refractivity contribution < 1.29 is 14.2 Å². The first-order valence-electron chi connectivity index (χ1n) is 9.45. The summed E-state index contributed by atoms with van der Waals surface area (Å²) >= 11 is 0. The van der Waals surface area contributed by atoms with Crippen molar-refractivity contribution in [1.82, 2.24) is 4.98 Å². The van der Waals surface area contributed by atoms with E-state index in [0.29, 0.717) is 37.1 Å². The minimum absolute atomic E-state index is 0.178.